The lowest BCUT2D eigenvalue weighted by Crippen LogP contribution is -2.45. The van der Waals surface area contributed by atoms with Crippen molar-refractivity contribution in [1.29, 1.82) is 0 Å². The summed E-state index contributed by atoms with van der Waals surface area (Å²) < 4.78 is 13.2. The molecule has 2 aliphatic heterocycles. The molecule has 204 valence electrons. The fourth-order valence-electron chi connectivity index (χ4n) is 6.19. The molecule has 2 saturated heterocycles. The second-order valence-corrected chi connectivity index (χ2v) is 12.6. The number of thiazole rings is 1. The van der Waals surface area contributed by atoms with E-state index in [0.29, 0.717) is 57.0 Å². The molecule has 2 unspecified atom stereocenters. The lowest BCUT2D eigenvalue weighted by atomic mass is 10.00. The Kier molecular flexibility index (Phi) is 6.51. The number of carboxylic acids is 1. The molecule has 1 N–H and O–H groups in total. The van der Waals surface area contributed by atoms with Gasteiger partial charge >= 0.3 is 5.97 Å². The summed E-state index contributed by atoms with van der Waals surface area (Å²) in [4.78, 5) is 18.9. The summed E-state index contributed by atoms with van der Waals surface area (Å²) >= 11 is 14.6. The smallest absolute Gasteiger partial charge is 0.335 e. The number of carboxylic acid groups (broad SMARTS) is 1. The molecule has 2 aromatic heterocycles. The van der Waals surface area contributed by atoms with Gasteiger partial charge in [-0.25, -0.2) is 9.78 Å². The standard InChI is InChI=1S/C30H25Cl2N3O4S/c1-2-15-10-17(29(36)37)11-24-26(15)33-30(40-24)35-18-8-9-19(35)13-20(12-18)38-14-21-27(34-39-28(21)16-6-7-16)25-22(31)4-3-5-23(25)32/h1,3-5,10-11,16,18-20H,6-9,12-14H2,(H,36,37). The minimum Gasteiger partial charge on any atom is -0.478 e. The molecular formula is C30H25Cl2N3O4S. The predicted molar refractivity (Wildman–Crippen MR) is 156 cm³/mol. The van der Waals surface area contributed by atoms with E-state index in [4.69, 9.17) is 43.9 Å². The Bertz CT molecular complexity index is 1650. The summed E-state index contributed by atoms with van der Waals surface area (Å²) in [5.74, 6) is 2.86. The Morgan fingerprint density at radius 3 is 2.55 bits per heavy atom. The van der Waals surface area contributed by atoms with Gasteiger partial charge in [0.15, 0.2) is 5.13 Å². The largest absolute Gasteiger partial charge is 0.478 e. The second kappa shape index (κ2) is 10.1. The summed E-state index contributed by atoms with van der Waals surface area (Å²) in [7, 11) is 0. The number of aromatic nitrogens is 2. The number of benzene rings is 2. The van der Waals surface area contributed by atoms with Crippen LogP contribution in [0.25, 0.3) is 21.5 Å². The van der Waals surface area contributed by atoms with Crippen molar-refractivity contribution in [2.45, 2.75) is 69.2 Å². The van der Waals surface area contributed by atoms with Gasteiger partial charge in [-0.1, -0.05) is 51.7 Å². The molecule has 3 fully saturated rings. The van der Waals surface area contributed by atoms with Gasteiger partial charge in [0, 0.05) is 29.1 Å². The first-order chi connectivity index (χ1) is 19.4. The van der Waals surface area contributed by atoms with E-state index >= 15 is 0 Å². The average Bonchev–Trinajstić information content (AvgIpc) is 3.46. The van der Waals surface area contributed by atoms with Gasteiger partial charge in [0.1, 0.15) is 11.5 Å². The summed E-state index contributed by atoms with van der Waals surface area (Å²) in [6.07, 6.45) is 11.8. The Morgan fingerprint density at radius 1 is 1.18 bits per heavy atom. The number of nitrogens with zero attached hydrogens (tertiary/aromatic N) is 3. The molecular weight excluding hydrogens is 569 g/mol. The van der Waals surface area contributed by atoms with Gasteiger partial charge in [0.05, 0.1) is 44.1 Å². The molecule has 4 aromatic rings. The highest BCUT2D eigenvalue weighted by Crippen LogP contribution is 2.47. The Morgan fingerprint density at radius 2 is 1.90 bits per heavy atom. The van der Waals surface area contributed by atoms with Crippen molar-refractivity contribution in [3.8, 4) is 23.6 Å². The van der Waals surface area contributed by atoms with Crippen LogP contribution in [0.3, 0.4) is 0 Å². The number of ether oxygens (including phenoxy) is 1. The first-order valence-corrected chi connectivity index (χ1v) is 15.0. The third-order valence-corrected chi connectivity index (χ3v) is 9.87. The number of hydrogen-bond acceptors (Lipinski definition) is 7. The van der Waals surface area contributed by atoms with Gasteiger partial charge in [-0.3, -0.25) is 0 Å². The molecule has 0 radical (unpaired) electrons. The van der Waals surface area contributed by atoms with E-state index < -0.39 is 5.97 Å². The number of piperidine rings is 1. The van der Waals surface area contributed by atoms with E-state index in [2.05, 4.69) is 16.0 Å². The number of fused-ring (bicyclic) bond motifs is 3. The summed E-state index contributed by atoms with van der Waals surface area (Å²) in [6.45, 7) is 0.390. The molecule has 10 heteroatoms. The molecule has 3 aliphatic rings. The number of aromatic carboxylic acids is 1. The highest BCUT2D eigenvalue weighted by atomic mass is 35.5. The fraction of sp³-hybridized carbons (Fsp3) is 0.367. The van der Waals surface area contributed by atoms with Crippen molar-refractivity contribution < 1.29 is 19.2 Å². The maximum Gasteiger partial charge on any atom is 0.335 e. The van der Waals surface area contributed by atoms with Crippen LogP contribution < -0.4 is 4.90 Å². The summed E-state index contributed by atoms with van der Waals surface area (Å²) in [5.41, 5.74) is 3.67. The van der Waals surface area contributed by atoms with E-state index in [1.165, 1.54) is 17.4 Å². The first-order valence-electron chi connectivity index (χ1n) is 13.4. The van der Waals surface area contributed by atoms with Gasteiger partial charge in [-0.2, -0.15) is 0 Å². The molecule has 1 aliphatic carbocycles. The van der Waals surface area contributed by atoms with Gasteiger partial charge in [0.25, 0.3) is 0 Å². The van der Waals surface area contributed by atoms with Crippen LogP contribution in [0.5, 0.6) is 0 Å². The first kappa shape index (κ1) is 25.8. The van der Waals surface area contributed by atoms with Crippen LogP contribution in [-0.2, 0) is 11.3 Å². The van der Waals surface area contributed by atoms with Crippen LogP contribution in [0.1, 0.15) is 71.7 Å². The average molecular weight is 595 g/mol. The van der Waals surface area contributed by atoms with Crippen molar-refractivity contribution >= 4 is 55.9 Å². The third kappa shape index (κ3) is 4.46. The number of halogens is 2. The SMILES string of the molecule is C#Cc1cc(C(=O)O)cc2sc(N3C4CCC3CC(OCc3c(-c5c(Cl)cccc5Cl)noc3C3CC3)C4)nc12. The van der Waals surface area contributed by atoms with Crippen LogP contribution >= 0.6 is 34.5 Å². The van der Waals surface area contributed by atoms with E-state index in [-0.39, 0.29) is 11.7 Å². The normalized spacial score (nSPS) is 22.1. The van der Waals surface area contributed by atoms with Crippen molar-refractivity contribution in [1.82, 2.24) is 10.1 Å². The number of anilines is 1. The Labute approximate surface area is 245 Å². The van der Waals surface area contributed by atoms with Crippen molar-refractivity contribution in [3.63, 3.8) is 0 Å². The van der Waals surface area contributed by atoms with Crippen LogP contribution in [0, 0.1) is 12.3 Å². The monoisotopic (exact) mass is 593 g/mol. The summed E-state index contributed by atoms with van der Waals surface area (Å²) in [5, 5.41) is 15.8. The van der Waals surface area contributed by atoms with Crippen molar-refractivity contribution in [3.05, 3.63) is 62.8 Å². The topological polar surface area (TPSA) is 88.7 Å². The Hall–Kier alpha value is -3.09. The van der Waals surface area contributed by atoms with Crippen LogP contribution in [0.2, 0.25) is 10.0 Å². The quantitative estimate of drug-likeness (QED) is 0.221. The fourth-order valence-corrected chi connectivity index (χ4v) is 7.94. The van der Waals surface area contributed by atoms with E-state index in [1.54, 1.807) is 6.07 Å². The van der Waals surface area contributed by atoms with Crippen LogP contribution in [0.15, 0.2) is 34.9 Å². The zero-order valence-corrected chi connectivity index (χ0v) is 23.7. The number of rotatable bonds is 7. The second-order valence-electron chi connectivity index (χ2n) is 10.8. The molecule has 0 spiro atoms. The number of hydrogen-bond donors (Lipinski definition) is 1. The molecule has 7 rings (SSSR count). The maximum atomic E-state index is 11.6. The van der Waals surface area contributed by atoms with Crippen molar-refractivity contribution in [2.24, 2.45) is 0 Å². The maximum absolute atomic E-state index is 11.6. The molecule has 2 bridgehead atoms. The molecule has 2 atom stereocenters. The van der Waals surface area contributed by atoms with Gasteiger partial charge in [-0.15, -0.1) is 6.42 Å². The molecule has 40 heavy (non-hydrogen) atoms. The third-order valence-electron chi connectivity index (χ3n) is 8.23. The highest BCUT2D eigenvalue weighted by molar-refractivity contribution is 7.22. The van der Waals surface area contributed by atoms with Gasteiger partial charge in [0.2, 0.25) is 0 Å². The summed E-state index contributed by atoms with van der Waals surface area (Å²) in [6, 6.07) is 9.21. The lowest BCUT2D eigenvalue weighted by Gasteiger charge is -2.38. The zero-order valence-electron chi connectivity index (χ0n) is 21.4. The highest BCUT2D eigenvalue weighted by Gasteiger charge is 2.43. The van der Waals surface area contributed by atoms with Crippen molar-refractivity contribution in [2.75, 3.05) is 4.90 Å². The zero-order chi connectivity index (χ0) is 27.5. The Balaban J connectivity index is 1.12. The molecule has 2 aromatic carbocycles. The predicted octanol–water partition coefficient (Wildman–Crippen LogP) is 7.53. The van der Waals surface area contributed by atoms with E-state index in [9.17, 15) is 9.90 Å². The van der Waals surface area contributed by atoms with Crippen LogP contribution in [0.4, 0.5) is 5.13 Å². The number of terminal acetylenes is 1. The molecule has 4 heterocycles. The lowest BCUT2D eigenvalue weighted by molar-refractivity contribution is 0.0147. The minimum atomic E-state index is -0.996. The van der Waals surface area contributed by atoms with E-state index in [0.717, 1.165) is 59.7 Å². The molecule has 7 nitrogen and oxygen atoms in total. The van der Waals surface area contributed by atoms with E-state index in [1.807, 2.05) is 18.2 Å². The van der Waals surface area contributed by atoms with Crippen LogP contribution in [-0.4, -0.2) is 39.4 Å². The number of carbonyl (C=O) groups is 1. The molecule has 1 saturated carbocycles. The minimum absolute atomic E-state index is 0.0829. The van der Waals surface area contributed by atoms with Gasteiger partial charge in [-0.05, 0) is 62.8 Å². The molecule has 0 amide bonds. The van der Waals surface area contributed by atoms with Gasteiger partial charge < -0.3 is 19.3 Å².